The molecule has 3 aromatic rings. The normalized spacial score (nSPS) is 11.2. The molecule has 0 unspecified atom stereocenters. The first-order valence-corrected chi connectivity index (χ1v) is 7.17. The monoisotopic (exact) mass is 360 g/mol. The van der Waals surface area contributed by atoms with Gasteiger partial charge >= 0.3 is 0 Å². The average Bonchev–Trinajstić information content (AvgIpc) is 2.88. The van der Waals surface area contributed by atoms with Crippen LogP contribution in [-0.2, 0) is 0 Å². The predicted octanol–water partition coefficient (Wildman–Crippen LogP) is 4.69. The molecule has 0 saturated carbocycles. The molecule has 1 heterocycles. The smallest absolute Gasteiger partial charge is 0.292 e. The summed E-state index contributed by atoms with van der Waals surface area (Å²) in [5, 5.41) is 12.9. The minimum absolute atomic E-state index is 0.0739. The molecule has 0 fully saturated rings. The number of H-pyrrole nitrogens is 2. The van der Waals surface area contributed by atoms with Gasteiger partial charge in [-0.15, -0.1) is 10.2 Å². The van der Waals surface area contributed by atoms with Crippen molar-refractivity contribution < 1.29 is 4.39 Å². The van der Waals surface area contributed by atoms with Crippen molar-refractivity contribution in [2.75, 3.05) is 0 Å². The summed E-state index contributed by atoms with van der Waals surface area (Å²) in [7, 11) is 0. The van der Waals surface area contributed by atoms with Gasteiger partial charge in [0.1, 0.15) is 5.69 Å². The van der Waals surface area contributed by atoms with E-state index in [0.29, 0.717) is 5.69 Å². The number of halogens is 2. The molecule has 1 aromatic heterocycles. The molecule has 7 heteroatoms. The van der Waals surface area contributed by atoms with Gasteiger partial charge in [0.05, 0.1) is 5.69 Å². The van der Waals surface area contributed by atoms with E-state index in [1.54, 1.807) is 12.1 Å². The molecule has 0 radical (unpaired) electrons. The number of aromatic amines is 2. The second-order valence-electron chi connectivity index (χ2n) is 4.46. The molecule has 22 heavy (non-hydrogen) atoms. The van der Waals surface area contributed by atoms with Gasteiger partial charge in [-0.1, -0.05) is 40.2 Å². The van der Waals surface area contributed by atoms with E-state index < -0.39 is 11.4 Å². The van der Waals surface area contributed by atoms with Crippen molar-refractivity contribution in [2.24, 2.45) is 10.2 Å². The van der Waals surface area contributed by atoms with Gasteiger partial charge in [0.15, 0.2) is 11.5 Å². The summed E-state index contributed by atoms with van der Waals surface area (Å²) in [6, 6.07) is 13.3. The summed E-state index contributed by atoms with van der Waals surface area (Å²) in [6.45, 7) is 0. The fourth-order valence-corrected chi connectivity index (χ4v) is 2.17. The number of nitrogens with one attached hydrogen (secondary N) is 2. The number of nitrogens with zero attached hydrogens (tertiary/aromatic N) is 2. The average molecular weight is 361 g/mol. The maximum Gasteiger partial charge on any atom is 0.292 e. The second kappa shape index (κ2) is 6.07. The van der Waals surface area contributed by atoms with E-state index in [2.05, 4.69) is 36.4 Å². The molecule has 0 bridgehead atoms. The summed E-state index contributed by atoms with van der Waals surface area (Å²) in [4.78, 5) is 11.8. The molecule has 0 aliphatic carbocycles. The molecule has 2 aromatic carbocycles. The van der Waals surface area contributed by atoms with E-state index in [1.165, 1.54) is 12.1 Å². The molecule has 0 aliphatic heterocycles. The van der Waals surface area contributed by atoms with Crippen molar-refractivity contribution in [3.05, 3.63) is 69.2 Å². The molecule has 0 saturated heterocycles. The van der Waals surface area contributed by atoms with Crippen LogP contribution in [0.2, 0.25) is 0 Å². The van der Waals surface area contributed by atoms with Crippen LogP contribution in [0, 0.1) is 5.82 Å². The van der Waals surface area contributed by atoms with Crippen LogP contribution in [0.3, 0.4) is 0 Å². The van der Waals surface area contributed by atoms with E-state index in [9.17, 15) is 9.18 Å². The van der Waals surface area contributed by atoms with Crippen LogP contribution in [0.15, 0.2) is 68.0 Å². The Hall–Kier alpha value is -2.54. The molecule has 0 amide bonds. The Bertz CT molecular complexity index is 883. The maximum atomic E-state index is 13.5. The molecular formula is C15H10BrFN4O. The Morgan fingerprint density at radius 1 is 0.955 bits per heavy atom. The molecular weight excluding hydrogens is 351 g/mol. The highest BCUT2D eigenvalue weighted by atomic mass is 79.9. The molecule has 0 atom stereocenters. The Kier molecular flexibility index (Phi) is 3.97. The lowest BCUT2D eigenvalue weighted by molar-refractivity contribution is 0.628. The van der Waals surface area contributed by atoms with E-state index in [0.717, 1.165) is 10.0 Å². The Morgan fingerprint density at radius 3 is 2.41 bits per heavy atom. The number of rotatable bonds is 3. The molecule has 110 valence electrons. The van der Waals surface area contributed by atoms with E-state index >= 15 is 0 Å². The lowest BCUT2D eigenvalue weighted by Crippen LogP contribution is -1.96. The van der Waals surface area contributed by atoms with Crippen molar-refractivity contribution in [3.63, 3.8) is 0 Å². The van der Waals surface area contributed by atoms with Crippen LogP contribution < -0.4 is 5.56 Å². The summed E-state index contributed by atoms with van der Waals surface area (Å²) in [5.74, 6) is -0.497. The highest BCUT2D eigenvalue weighted by Gasteiger charge is 2.11. The fraction of sp³-hybridized carbons (Fsp3) is 0. The first-order valence-electron chi connectivity index (χ1n) is 6.38. The summed E-state index contributed by atoms with van der Waals surface area (Å²) < 4.78 is 14.5. The highest BCUT2D eigenvalue weighted by molar-refractivity contribution is 9.10. The second-order valence-corrected chi connectivity index (χ2v) is 5.38. The zero-order chi connectivity index (χ0) is 15.5. The van der Waals surface area contributed by atoms with Gasteiger partial charge in [-0.25, -0.2) is 4.39 Å². The molecule has 3 rings (SSSR count). The molecule has 0 aliphatic rings. The van der Waals surface area contributed by atoms with Crippen molar-refractivity contribution in [2.45, 2.75) is 0 Å². The van der Waals surface area contributed by atoms with Crippen LogP contribution in [-0.4, -0.2) is 10.2 Å². The van der Waals surface area contributed by atoms with Crippen LogP contribution in [0.25, 0.3) is 11.3 Å². The Labute approximate surface area is 133 Å². The topological polar surface area (TPSA) is 73.4 Å². The first kappa shape index (κ1) is 14.4. The van der Waals surface area contributed by atoms with Gasteiger partial charge in [0.2, 0.25) is 0 Å². The SMILES string of the molecule is O=c1[nH][nH]c(-c2ccc(Br)cc2)c1N=Nc1ccccc1F. The third-order valence-electron chi connectivity index (χ3n) is 3.00. The first-order chi connectivity index (χ1) is 10.6. The minimum Gasteiger partial charge on any atom is -0.295 e. The van der Waals surface area contributed by atoms with Crippen molar-refractivity contribution in [1.82, 2.24) is 10.2 Å². The highest BCUT2D eigenvalue weighted by Crippen LogP contribution is 2.28. The third kappa shape index (κ3) is 2.89. The predicted molar refractivity (Wildman–Crippen MR) is 85.1 cm³/mol. The summed E-state index contributed by atoms with van der Waals surface area (Å²) in [5.41, 5.74) is 1.02. The lowest BCUT2D eigenvalue weighted by Gasteiger charge is -1.99. The summed E-state index contributed by atoms with van der Waals surface area (Å²) in [6.07, 6.45) is 0. The zero-order valence-electron chi connectivity index (χ0n) is 11.2. The molecule has 2 N–H and O–H groups in total. The third-order valence-corrected chi connectivity index (χ3v) is 3.52. The van der Waals surface area contributed by atoms with Crippen LogP contribution in [0.4, 0.5) is 15.8 Å². The quantitative estimate of drug-likeness (QED) is 0.653. The molecule has 5 nitrogen and oxygen atoms in total. The minimum atomic E-state index is -0.497. The Balaban J connectivity index is 2.01. The van der Waals surface area contributed by atoms with Crippen LogP contribution in [0.5, 0.6) is 0 Å². The van der Waals surface area contributed by atoms with Crippen molar-refractivity contribution in [3.8, 4) is 11.3 Å². The standard InChI is InChI=1S/C15H10BrFN4O/c16-10-7-5-9(6-8-10)13-14(15(22)21-19-13)20-18-12-4-2-1-3-11(12)17/h1-8H,(H2,19,21,22). The Morgan fingerprint density at radius 2 is 1.68 bits per heavy atom. The van der Waals surface area contributed by atoms with Crippen LogP contribution >= 0.6 is 15.9 Å². The van der Waals surface area contributed by atoms with Gasteiger partial charge in [-0.2, -0.15) is 0 Å². The largest absolute Gasteiger partial charge is 0.295 e. The van der Waals surface area contributed by atoms with E-state index in [4.69, 9.17) is 0 Å². The van der Waals surface area contributed by atoms with Gasteiger partial charge in [0.25, 0.3) is 5.56 Å². The number of benzene rings is 2. The van der Waals surface area contributed by atoms with Gasteiger partial charge in [-0.05, 0) is 24.3 Å². The fourth-order valence-electron chi connectivity index (χ4n) is 1.91. The van der Waals surface area contributed by atoms with Gasteiger partial charge in [0, 0.05) is 10.0 Å². The number of aromatic nitrogens is 2. The number of azo groups is 1. The van der Waals surface area contributed by atoms with E-state index in [-0.39, 0.29) is 11.4 Å². The van der Waals surface area contributed by atoms with Crippen LogP contribution in [0.1, 0.15) is 0 Å². The lowest BCUT2D eigenvalue weighted by atomic mass is 10.1. The zero-order valence-corrected chi connectivity index (χ0v) is 12.8. The van der Waals surface area contributed by atoms with Crippen molar-refractivity contribution >= 4 is 27.3 Å². The number of hydrogen-bond donors (Lipinski definition) is 2. The number of hydrogen-bond acceptors (Lipinski definition) is 3. The van der Waals surface area contributed by atoms with Gasteiger partial charge < -0.3 is 0 Å². The summed E-state index contributed by atoms with van der Waals surface area (Å²) >= 11 is 3.35. The molecule has 0 spiro atoms. The van der Waals surface area contributed by atoms with E-state index in [1.807, 2.05) is 24.3 Å². The van der Waals surface area contributed by atoms with Gasteiger partial charge in [-0.3, -0.25) is 15.0 Å². The van der Waals surface area contributed by atoms with Crippen molar-refractivity contribution in [1.29, 1.82) is 0 Å². The maximum absolute atomic E-state index is 13.5.